The van der Waals surface area contributed by atoms with Gasteiger partial charge in [-0.2, -0.15) is 0 Å². The van der Waals surface area contributed by atoms with Crippen LogP contribution in [0.25, 0.3) is 0 Å². The Morgan fingerprint density at radius 1 is 0.543 bits per heavy atom. The number of hydrogen-bond acceptors (Lipinski definition) is 13. The Kier molecular flexibility index (Phi) is 27.3. The second-order valence-corrected chi connectivity index (χ2v) is 18.1. The highest BCUT2D eigenvalue weighted by Crippen LogP contribution is 2.12. The van der Waals surface area contributed by atoms with Crippen LogP contribution in [0, 0.1) is 17.8 Å². The molecule has 0 aliphatic heterocycles. The zero-order valence-corrected chi connectivity index (χ0v) is 40.9. The summed E-state index contributed by atoms with van der Waals surface area (Å²) in [6.45, 7) is 10.5. The third kappa shape index (κ3) is 24.9. The predicted molar refractivity (Wildman–Crippen MR) is 256 cm³/mol. The number of benzene rings is 1. The van der Waals surface area contributed by atoms with Gasteiger partial charge in [-0.3, -0.25) is 52.9 Å². The quantitative estimate of drug-likeness (QED) is 0.0192. The van der Waals surface area contributed by atoms with Crippen molar-refractivity contribution in [3.8, 4) is 0 Å². The van der Waals surface area contributed by atoms with E-state index in [-0.39, 0.29) is 68.8 Å². The van der Waals surface area contributed by atoms with Crippen LogP contribution in [-0.4, -0.2) is 149 Å². The van der Waals surface area contributed by atoms with Crippen molar-refractivity contribution >= 4 is 65.2 Å². The van der Waals surface area contributed by atoms with Crippen LogP contribution < -0.4 is 59.7 Å². The van der Waals surface area contributed by atoms with Crippen LogP contribution in [0.4, 0.5) is 0 Å². The zero-order valence-electron chi connectivity index (χ0n) is 40.9. The van der Waals surface area contributed by atoms with Crippen molar-refractivity contribution in [3.05, 3.63) is 35.9 Å². The fourth-order valence-corrected chi connectivity index (χ4v) is 6.72. The number of aliphatic hydroxyl groups excluding tert-OH is 1. The third-order valence-corrected chi connectivity index (χ3v) is 10.2. The maximum Gasteiger partial charge on any atom is 0.322 e. The molecule has 0 spiro atoms. The van der Waals surface area contributed by atoms with Gasteiger partial charge in [-0.15, -0.1) is 0 Å². The van der Waals surface area contributed by atoms with Crippen molar-refractivity contribution in [2.75, 3.05) is 19.6 Å². The lowest BCUT2D eigenvalue weighted by molar-refractivity contribution is -0.141. The van der Waals surface area contributed by atoms with Crippen LogP contribution in [-0.2, 0) is 54.4 Å². The second-order valence-electron chi connectivity index (χ2n) is 18.1. The smallest absolute Gasteiger partial charge is 0.322 e. The molecule has 0 bridgehead atoms. The van der Waals surface area contributed by atoms with Gasteiger partial charge in [0.1, 0.15) is 48.8 Å². The zero-order chi connectivity index (χ0) is 53.2. The van der Waals surface area contributed by atoms with E-state index in [0.29, 0.717) is 5.56 Å². The van der Waals surface area contributed by atoms with Crippen molar-refractivity contribution < 1.29 is 63.3 Å². The van der Waals surface area contributed by atoms with Gasteiger partial charge in [0.25, 0.3) is 0 Å². The van der Waals surface area contributed by atoms with Gasteiger partial charge in [0.2, 0.25) is 47.3 Å². The molecule has 8 amide bonds. The van der Waals surface area contributed by atoms with Gasteiger partial charge in [-0.1, -0.05) is 71.9 Å². The average molecular weight is 991 g/mol. The predicted octanol–water partition coefficient (Wildman–Crippen LogP) is -3.17. The SMILES string of the molecule is CC(C)C[C@H](NC(=O)CNC(=O)[C@@H](N)[C@@H](C)O)C(=O)N[C@@H](CC(=O)O)C(=O)N[C@@H](CCCN=C(N)N)C(=O)N[C@@H](CC(C)C)C(=O)N[C@@H](Cc1ccccc1)C(=O)N[C@@H](CC(C)C)C(=O)NCC(=O)O. The average Bonchev–Trinajstić information content (AvgIpc) is 3.26. The molecule has 1 aromatic rings. The summed E-state index contributed by atoms with van der Waals surface area (Å²) in [7, 11) is 0. The fraction of sp³-hybridized carbons (Fsp3) is 0.622. The van der Waals surface area contributed by atoms with Crippen molar-refractivity contribution in [1.29, 1.82) is 0 Å². The summed E-state index contributed by atoms with van der Waals surface area (Å²) in [6, 6.07) is -1.23. The first-order chi connectivity index (χ1) is 32.7. The van der Waals surface area contributed by atoms with Crippen LogP contribution in [0.15, 0.2) is 35.3 Å². The van der Waals surface area contributed by atoms with Crippen molar-refractivity contribution in [3.63, 3.8) is 0 Å². The van der Waals surface area contributed by atoms with E-state index in [1.807, 2.05) is 0 Å². The van der Waals surface area contributed by atoms with E-state index in [1.54, 1.807) is 71.9 Å². The van der Waals surface area contributed by atoms with E-state index in [2.05, 4.69) is 47.5 Å². The summed E-state index contributed by atoms with van der Waals surface area (Å²) in [5, 5.41) is 48.2. The molecule has 392 valence electrons. The highest BCUT2D eigenvalue weighted by molar-refractivity contribution is 5.98. The molecule has 25 nitrogen and oxygen atoms in total. The number of carbonyl (C=O) groups excluding carboxylic acids is 8. The molecule has 0 radical (unpaired) electrons. The number of nitrogens with one attached hydrogen (secondary N) is 8. The number of aliphatic hydroxyl groups is 1. The van der Waals surface area contributed by atoms with E-state index in [4.69, 9.17) is 22.3 Å². The molecule has 0 fully saturated rings. The summed E-state index contributed by atoms with van der Waals surface area (Å²) >= 11 is 0. The minimum Gasteiger partial charge on any atom is -0.481 e. The van der Waals surface area contributed by atoms with Crippen LogP contribution in [0.5, 0.6) is 0 Å². The molecule has 1 aromatic carbocycles. The number of aliphatic carboxylic acids is 2. The highest BCUT2D eigenvalue weighted by Gasteiger charge is 2.35. The number of amides is 8. The van der Waals surface area contributed by atoms with Gasteiger partial charge < -0.3 is 75.1 Å². The summed E-state index contributed by atoms with van der Waals surface area (Å²) in [4.78, 5) is 135. The molecule has 0 aliphatic rings. The largest absolute Gasteiger partial charge is 0.481 e. The number of nitrogens with zero attached hydrogens (tertiary/aromatic N) is 1. The van der Waals surface area contributed by atoms with Crippen molar-refractivity contribution in [2.24, 2.45) is 39.9 Å². The molecule has 0 saturated heterocycles. The van der Waals surface area contributed by atoms with E-state index in [0.717, 1.165) is 0 Å². The molecule has 0 aromatic heterocycles. The molecule has 1 rings (SSSR count). The third-order valence-electron chi connectivity index (χ3n) is 10.2. The monoisotopic (exact) mass is 991 g/mol. The van der Waals surface area contributed by atoms with Crippen molar-refractivity contribution in [1.82, 2.24) is 42.5 Å². The van der Waals surface area contributed by atoms with E-state index in [9.17, 15) is 58.2 Å². The van der Waals surface area contributed by atoms with E-state index < -0.39 is 127 Å². The number of carboxylic acids is 2. The van der Waals surface area contributed by atoms with Crippen LogP contribution >= 0.6 is 0 Å². The molecule has 0 heterocycles. The minimum absolute atomic E-state index is 0.00373. The standard InChI is InChI=1S/C45H74N12O13/c1-23(2)16-29(38(64)51-22-36(62)63)54-42(68)32(19-27-12-9-8-10-13-27)56-41(67)31(18-25(5)6)55-39(65)28(14-11-15-49-45(47)48)53-43(69)33(20-35(60)61)57-40(66)30(17-24(3)4)52-34(59)21-50-44(70)37(46)26(7)58/h8-10,12-13,23-26,28-33,37,58H,11,14-22,46H2,1-7H3,(H,50,70)(H,51,64)(H,52,59)(H,53,69)(H,54,68)(H,55,65)(H,56,67)(H,57,66)(H,60,61)(H,62,63)(H4,47,48,49)/t26-,28+,29+,30+,31+,32+,33+,37+/m1/s1. The maximum atomic E-state index is 14.2. The highest BCUT2D eigenvalue weighted by atomic mass is 16.4. The Labute approximate surface area is 407 Å². The molecule has 70 heavy (non-hydrogen) atoms. The number of carboxylic acid groups (broad SMARTS) is 2. The summed E-state index contributed by atoms with van der Waals surface area (Å²) in [5.41, 5.74) is 17.2. The fourth-order valence-electron chi connectivity index (χ4n) is 6.72. The molecule has 0 aliphatic carbocycles. The van der Waals surface area contributed by atoms with Gasteiger partial charge >= 0.3 is 11.9 Å². The lowest BCUT2D eigenvalue weighted by Crippen LogP contribution is -2.60. The lowest BCUT2D eigenvalue weighted by Gasteiger charge is -2.28. The van der Waals surface area contributed by atoms with Gasteiger partial charge in [0.05, 0.1) is 19.1 Å². The van der Waals surface area contributed by atoms with Gasteiger partial charge in [-0.25, -0.2) is 0 Å². The molecular formula is C45H74N12O13. The second kappa shape index (κ2) is 31.3. The minimum atomic E-state index is -1.81. The Bertz CT molecular complexity index is 1960. The Morgan fingerprint density at radius 3 is 1.46 bits per heavy atom. The Morgan fingerprint density at radius 2 is 0.971 bits per heavy atom. The van der Waals surface area contributed by atoms with Gasteiger partial charge in [0.15, 0.2) is 5.96 Å². The van der Waals surface area contributed by atoms with Crippen LogP contribution in [0.1, 0.15) is 92.6 Å². The molecular weight excluding hydrogens is 917 g/mol. The number of guanidine groups is 1. The number of nitrogens with two attached hydrogens (primary N) is 3. The number of hydrogen-bond donors (Lipinski definition) is 14. The lowest BCUT2D eigenvalue weighted by atomic mass is 9.99. The van der Waals surface area contributed by atoms with Crippen molar-refractivity contribution in [2.45, 2.75) is 142 Å². The Hall–Kier alpha value is -6.89. The first kappa shape index (κ1) is 61.1. The summed E-state index contributed by atoms with van der Waals surface area (Å²) < 4.78 is 0. The summed E-state index contributed by atoms with van der Waals surface area (Å²) in [6.07, 6.45) is -2.22. The van der Waals surface area contributed by atoms with E-state index in [1.165, 1.54) is 6.92 Å². The molecule has 17 N–H and O–H groups in total. The van der Waals surface area contributed by atoms with Crippen LogP contribution in [0.2, 0.25) is 0 Å². The first-order valence-electron chi connectivity index (χ1n) is 23.0. The number of carbonyl (C=O) groups is 10. The normalized spacial score (nSPS) is 14.5. The van der Waals surface area contributed by atoms with Crippen LogP contribution in [0.3, 0.4) is 0 Å². The molecule has 0 saturated carbocycles. The first-order valence-corrected chi connectivity index (χ1v) is 23.0. The summed E-state index contributed by atoms with van der Waals surface area (Å²) in [5.74, 6) is -10.7. The van der Waals surface area contributed by atoms with Gasteiger partial charge in [-0.05, 0) is 62.3 Å². The number of aliphatic imine (C=N–C) groups is 1. The van der Waals surface area contributed by atoms with Gasteiger partial charge in [0, 0.05) is 13.0 Å². The molecule has 0 unspecified atom stereocenters. The number of rotatable bonds is 32. The molecule has 25 heteroatoms. The maximum absolute atomic E-state index is 14.2. The van der Waals surface area contributed by atoms with E-state index >= 15 is 0 Å². The molecule has 8 atom stereocenters. The Balaban J connectivity index is 3.52. The topological polar surface area (TPSA) is 418 Å².